The Morgan fingerprint density at radius 2 is 1.56 bits per heavy atom. The van der Waals surface area contributed by atoms with Crippen LogP contribution in [0.15, 0.2) is 24.3 Å². The van der Waals surface area contributed by atoms with Crippen LogP contribution in [0.25, 0.3) is 0 Å². The average Bonchev–Trinajstić information content (AvgIpc) is 3.38. The van der Waals surface area contributed by atoms with Gasteiger partial charge in [-0.1, -0.05) is 73.4 Å². The van der Waals surface area contributed by atoms with E-state index in [1.807, 2.05) is 27.7 Å². The van der Waals surface area contributed by atoms with Crippen LogP contribution in [-0.4, -0.2) is 103 Å². The first-order valence-electron chi connectivity index (χ1n) is 19.6. The Kier molecular flexibility index (Phi) is 19.5. The van der Waals surface area contributed by atoms with E-state index >= 15 is 0 Å². The third kappa shape index (κ3) is 14.7. The zero-order chi connectivity index (χ0) is 41.4. The quantitative estimate of drug-likeness (QED) is 0.0969. The molecule has 1 fully saturated rings. The first kappa shape index (κ1) is 46.8. The highest BCUT2D eigenvalue weighted by molar-refractivity contribution is 6.03. The van der Waals surface area contributed by atoms with E-state index in [-0.39, 0.29) is 79.0 Å². The molecule has 1 heterocycles. The van der Waals surface area contributed by atoms with Crippen LogP contribution in [0.4, 0.5) is 10.5 Å². The number of carbonyl (C=O) groups is 7. The summed E-state index contributed by atoms with van der Waals surface area (Å²) in [4.78, 5) is 91.5. The Hall–Kier alpha value is -4.33. The summed E-state index contributed by atoms with van der Waals surface area (Å²) in [6, 6.07) is 4.82. The molecule has 0 bridgehead atoms. The van der Waals surface area contributed by atoms with Gasteiger partial charge in [0.1, 0.15) is 24.5 Å². The number of Topliss-reactive ketones (excluding diaryl/α,β-unsaturated/α-hetero) is 2. The van der Waals surface area contributed by atoms with Gasteiger partial charge in [-0.3, -0.25) is 33.7 Å². The average molecular weight is 772 g/mol. The van der Waals surface area contributed by atoms with E-state index in [1.165, 1.54) is 18.9 Å². The van der Waals surface area contributed by atoms with Crippen LogP contribution in [0, 0.1) is 23.7 Å². The molecule has 0 aromatic heterocycles. The standard InChI is InChI=1S/C41H65N5O9/c1-11-27(6)37(33(54-10)22-29(8)47)45(9)40(52)36(26(4)5)43-38(50)35(25(2)3)44-41(53)55-24-30-16-18-31(19-17-30)42-23-32(48)15-13-12-14-20-46-34(49)21-28(7)39(46)51/h16-19,25-28,33,35-37,42H,11-15,20-24H2,1-10H3,(H,43,50)(H,44,53)/t27-,28?,33+,35-,36-,37-/m0/s1. The highest BCUT2D eigenvalue weighted by atomic mass is 16.5. The van der Waals surface area contributed by atoms with Gasteiger partial charge in [0.2, 0.25) is 23.6 Å². The molecule has 0 aliphatic carbocycles. The van der Waals surface area contributed by atoms with E-state index in [0.29, 0.717) is 31.4 Å². The Bertz CT molecular complexity index is 1460. The Morgan fingerprint density at radius 3 is 2.09 bits per heavy atom. The van der Waals surface area contributed by atoms with Gasteiger partial charge in [-0.05, 0) is 55.2 Å². The Labute approximate surface area is 327 Å². The van der Waals surface area contributed by atoms with Crippen molar-refractivity contribution < 1.29 is 43.0 Å². The van der Waals surface area contributed by atoms with Crippen molar-refractivity contribution >= 4 is 47.0 Å². The molecule has 6 atom stereocenters. The van der Waals surface area contributed by atoms with Crippen molar-refractivity contribution in [3.05, 3.63) is 29.8 Å². The number of nitrogens with one attached hydrogen (secondary N) is 3. The first-order chi connectivity index (χ1) is 25.9. The van der Waals surface area contributed by atoms with Crippen LogP contribution >= 0.6 is 0 Å². The minimum atomic E-state index is -0.979. The summed E-state index contributed by atoms with van der Waals surface area (Å²) in [7, 11) is 3.20. The van der Waals surface area contributed by atoms with Gasteiger partial charge < -0.3 is 30.3 Å². The molecular weight excluding hydrogens is 706 g/mol. The summed E-state index contributed by atoms with van der Waals surface area (Å²) in [6.45, 7) is 15.0. The molecule has 1 aromatic carbocycles. The molecule has 1 aromatic rings. The number of carbonyl (C=O) groups excluding carboxylic acids is 7. The smallest absolute Gasteiger partial charge is 0.408 e. The second-order valence-electron chi connectivity index (χ2n) is 15.6. The topological polar surface area (TPSA) is 181 Å². The summed E-state index contributed by atoms with van der Waals surface area (Å²) >= 11 is 0. The van der Waals surface area contributed by atoms with Gasteiger partial charge in [0.25, 0.3) is 0 Å². The summed E-state index contributed by atoms with van der Waals surface area (Å²) in [5.41, 5.74) is 1.43. The van der Waals surface area contributed by atoms with Crippen molar-refractivity contribution in [2.75, 3.05) is 32.6 Å². The lowest BCUT2D eigenvalue weighted by Crippen LogP contribution is -2.60. The zero-order valence-corrected chi connectivity index (χ0v) is 34.6. The van der Waals surface area contributed by atoms with E-state index in [1.54, 1.807) is 57.0 Å². The number of anilines is 1. The number of imide groups is 1. The predicted molar refractivity (Wildman–Crippen MR) is 210 cm³/mol. The van der Waals surface area contributed by atoms with Gasteiger partial charge in [0, 0.05) is 51.6 Å². The lowest BCUT2D eigenvalue weighted by atomic mass is 9.89. The molecule has 1 aliphatic heterocycles. The molecule has 2 rings (SSSR count). The van der Waals surface area contributed by atoms with Crippen LogP contribution in [0.2, 0.25) is 0 Å². The second-order valence-corrected chi connectivity index (χ2v) is 15.6. The van der Waals surface area contributed by atoms with E-state index in [0.717, 1.165) is 18.5 Å². The van der Waals surface area contributed by atoms with Crippen LogP contribution in [0.1, 0.15) is 106 Å². The molecule has 55 heavy (non-hydrogen) atoms. The fourth-order valence-electron chi connectivity index (χ4n) is 6.70. The Morgan fingerprint density at radius 1 is 0.927 bits per heavy atom. The van der Waals surface area contributed by atoms with Crippen molar-refractivity contribution in [2.45, 2.75) is 131 Å². The second kappa shape index (κ2) is 22.9. The van der Waals surface area contributed by atoms with Gasteiger partial charge >= 0.3 is 6.09 Å². The summed E-state index contributed by atoms with van der Waals surface area (Å²) < 4.78 is 11.1. The lowest BCUT2D eigenvalue weighted by Gasteiger charge is -2.40. The van der Waals surface area contributed by atoms with Crippen molar-refractivity contribution in [2.24, 2.45) is 23.7 Å². The number of ketones is 2. The van der Waals surface area contributed by atoms with Gasteiger partial charge in [0.05, 0.1) is 18.7 Å². The normalized spacial score (nSPS) is 17.0. The molecule has 3 N–H and O–H groups in total. The molecule has 1 unspecified atom stereocenters. The van der Waals surface area contributed by atoms with Crippen LogP contribution < -0.4 is 16.0 Å². The number of nitrogens with zero attached hydrogens (tertiary/aromatic N) is 2. The van der Waals surface area contributed by atoms with Crippen molar-refractivity contribution in [1.29, 1.82) is 0 Å². The highest BCUT2D eigenvalue weighted by Crippen LogP contribution is 2.24. The predicted octanol–water partition coefficient (Wildman–Crippen LogP) is 4.88. The molecule has 1 aliphatic rings. The van der Waals surface area contributed by atoms with E-state index in [9.17, 15) is 33.6 Å². The number of likely N-dealkylation sites (N-methyl/N-ethyl adjacent to an activating group) is 1. The maximum atomic E-state index is 13.9. The number of ether oxygens (including phenoxy) is 2. The van der Waals surface area contributed by atoms with Crippen LogP contribution in [-0.2, 0) is 44.8 Å². The largest absolute Gasteiger partial charge is 0.445 e. The fraction of sp³-hybridized carbons (Fsp3) is 0.683. The van der Waals surface area contributed by atoms with Crippen molar-refractivity contribution in [1.82, 2.24) is 20.4 Å². The zero-order valence-electron chi connectivity index (χ0n) is 34.6. The third-order valence-electron chi connectivity index (χ3n) is 10.3. The molecular formula is C41H65N5O9. The van der Waals surface area contributed by atoms with Crippen LogP contribution in [0.5, 0.6) is 0 Å². The molecule has 14 heteroatoms. The van der Waals surface area contributed by atoms with Gasteiger partial charge in [-0.2, -0.15) is 0 Å². The number of rotatable bonds is 24. The molecule has 0 radical (unpaired) electrons. The minimum Gasteiger partial charge on any atom is -0.445 e. The van der Waals surface area contributed by atoms with E-state index < -0.39 is 36.2 Å². The first-order valence-corrected chi connectivity index (χ1v) is 19.6. The molecule has 14 nitrogen and oxygen atoms in total. The lowest BCUT2D eigenvalue weighted by molar-refractivity contribution is -0.144. The van der Waals surface area contributed by atoms with E-state index in [2.05, 4.69) is 16.0 Å². The van der Waals surface area contributed by atoms with Gasteiger partial charge in [0.15, 0.2) is 5.78 Å². The highest BCUT2D eigenvalue weighted by Gasteiger charge is 2.38. The van der Waals surface area contributed by atoms with Crippen LogP contribution in [0.3, 0.4) is 0 Å². The molecule has 5 amide bonds. The monoisotopic (exact) mass is 771 g/mol. The number of unbranched alkanes of at least 4 members (excludes halogenated alkanes) is 2. The van der Waals surface area contributed by atoms with Crippen molar-refractivity contribution in [3.63, 3.8) is 0 Å². The summed E-state index contributed by atoms with van der Waals surface area (Å²) in [5, 5.41) is 8.61. The summed E-state index contributed by atoms with van der Waals surface area (Å²) in [6.07, 6.45) is 2.38. The molecule has 0 spiro atoms. The van der Waals surface area contributed by atoms with E-state index in [4.69, 9.17) is 9.47 Å². The molecule has 0 saturated carbocycles. The Balaban J connectivity index is 1.87. The maximum absolute atomic E-state index is 13.9. The number of amides is 5. The number of alkyl carbamates (subject to hydrolysis) is 1. The fourth-order valence-corrected chi connectivity index (χ4v) is 6.70. The number of likely N-dealkylation sites (tertiary alicyclic amines) is 1. The third-order valence-corrected chi connectivity index (χ3v) is 10.3. The molecule has 308 valence electrons. The number of hydrogen-bond acceptors (Lipinski definition) is 10. The van der Waals surface area contributed by atoms with Gasteiger partial charge in [-0.25, -0.2) is 4.79 Å². The van der Waals surface area contributed by atoms with Gasteiger partial charge in [-0.15, -0.1) is 0 Å². The molecule has 1 saturated heterocycles. The number of methoxy groups -OCH3 is 1. The minimum absolute atomic E-state index is 0.0179. The number of hydrogen-bond donors (Lipinski definition) is 3. The summed E-state index contributed by atoms with van der Waals surface area (Å²) in [5.74, 6) is -1.89. The van der Waals surface area contributed by atoms with Crippen molar-refractivity contribution in [3.8, 4) is 0 Å². The maximum Gasteiger partial charge on any atom is 0.408 e. The SMILES string of the molecule is CC[C@H](C)[C@@H]([C@@H](CC(C)=O)OC)N(C)C(=O)[C@@H](NC(=O)[C@@H](NC(=O)OCc1ccc(NCC(=O)CCCCCN2C(=O)CC(C)C2=O)cc1)C(C)C)C(C)C. The number of benzene rings is 1.